The van der Waals surface area contributed by atoms with Gasteiger partial charge in [-0.15, -0.1) is 0 Å². The van der Waals surface area contributed by atoms with Crippen molar-refractivity contribution < 1.29 is 14.3 Å². The normalized spacial score (nSPS) is 24.4. The Morgan fingerprint density at radius 1 is 1.32 bits per heavy atom. The van der Waals surface area contributed by atoms with Crippen molar-refractivity contribution in [1.29, 1.82) is 0 Å². The monoisotopic (exact) mass is 345 g/mol. The number of carbonyl (C=O) groups excluding carboxylic acids is 1. The summed E-state index contributed by atoms with van der Waals surface area (Å²) >= 11 is 0. The first-order valence-corrected chi connectivity index (χ1v) is 9.49. The maximum atomic E-state index is 13.3. The molecule has 1 aliphatic carbocycles. The van der Waals surface area contributed by atoms with Gasteiger partial charge in [0.05, 0.1) is 12.1 Å². The minimum absolute atomic E-state index is 0.0915. The number of nitrogens with zero attached hydrogens (tertiary/aromatic N) is 1. The number of aliphatic hydroxyl groups is 1. The zero-order valence-corrected chi connectivity index (χ0v) is 15.0. The topological polar surface area (TPSA) is 40.5 Å². The summed E-state index contributed by atoms with van der Waals surface area (Å²) in [4.78, 5) is 13.9. The third-order valence-corrected chi connectivity index (χ3v) is 5.84. The highest BCUT2D eigenvalue weighted by molar-refractivity contribution is 5.79. The number of benzene rings is 1. The van der Waals surface area contributed by atoms with Gasteiger partial charge in [-0.2, -0.15) is 0 Å². The van der Waals surface area contributed by atoms with Gasteiger partial charge in [0.1, 0.15) is 5.82 Å². The van der Waals surface area contributed by atoms with E-state index in [1.807, 2.05) is 17.1 Å². The predicted molar refractivity (Wildman–Crippen MR) is 96.7 cm³/mol. The van der Waals surface area contributed by atoms with E-state index in [2.05, 4.69) is 6.92 Å². The average molecular weight is 345 g/mol. The second-order valence-electron chi connectivity index (χ2n) is 7.39. The lowest BCUT2D eigenvalue weighted by molar-refractivity contribution is -0.128. The summed E-state index contributed by atoms with van der Waals surface area (Å²) in [6, 6.07) is 6.66. The molecule has 0 radical (unpaired) electrons. The summed E-state index contributed by atoms with van der Waals surface area (Å²) in [7, 11) is 0. The number of aliphatic hydroxyl groups excluding tert-OH is 1. The van der Waals surface area contributed by atoms with Crippen LogP contribution < -0.4 is 0 Å². The van der Waals surface area contributed by atoms with Crippen molar-refractivity contribution in [1.82, 2.24) is 4.90 Å². The van der Waals surface area contributed by atoms with Gasteiger partial charge in [-0.05, 0) is 43.4 Å². The van der Waals surface area contributed by atoms with Crippen LogP contribution in [0.5, 0.6) is 0 Å². The fourth-order valence-corrected chi connectivity index (χ4v) is 4.45. The fraction of sp³-hybridized carbons (Fsp3) is 0.571. The molecule has 3 nitrogen and oxygen atoms in total. The largest absolute Gasteiger partial charge is 0.388 e. The first-order chi connectivity index (χ1) is 12.1. The molecule has 1 N–H and O–H groups in total. The standard InChI is InChI=1S/C21H28FNO2/c1-2-15-23-18(10-12-20(23)25)9-11-19(24)21(13-3-4-14-21)16-5-7-17(22)8-6-16/h5-9,11,18-19,24H,2-4,10,12-15H2,1H3/b11-9+. The van der Waals surface area contributed by atoms with Crippen molar-refractivity contribution in [2.45, 2.75) is 69.4 Å². The van der Waals surface area contributed by atoms with Crippen molar-refractivity contribution in [2.75, 3.05) is 6.54 Å². The van der Waals surface area contributed by atoms with Crippen LogP contribution in [-0.4, -0.2) is 34.6 Å². The minimum Gasteiger partial charge on any atom is -0.388 e. The van der Waals surface area contributed by atoms with Gasteiger partial charge < -0.3 is 10.0 Å². The number of hydrogen-bond acceptors (Lipinski definition) is 2. The number of carbonyl (C=O) groups is 1. The molecule has 0 aromatic heterocycles. The van der Waals surface area contributed by atoms with E-state index in [-0.39, 0.29) is 23.2 Å². The van der Waals surface area contributed by atoms with Crippen molar-refractivity contribution in [2.24, 2.45) is 0 Å². The van der Waals surface area contributed by atoms with Gasteiger partial charge in [-0.25, -0.2) is 4.39 Å². The zero-order valence-electron chi connectivity index (χ0n) is 15.0. The minimum atomic E-state index is -0.611. The second kappa shape index (κ2) is 7.69. The second-order valence-corrected chi connectivity index (χ2v) is 7.39. The van der Waals surface area contributed by atoms with Gasteiger partial charge in [0.2, 0.25) is 5.91 Å². The molecule has 0 spiro atoms. The Morgan fingerprint density at radius 3 is 2.64 bits per heavy atom. The van der Waals surface area contributed by atoms with E-state index in [0.717, 1.165) is 50.6 Å². The Hall–Kier alpha value is -1.68. The SMILES string of the molecule is CCCN1C(=O)CCC1/C=C/C(O)C1(c2ccc(F)cc2)CCCC1. The van der Waals surface area contributed by atoms with E-state index in [9.17, 15) is 14.3 Å². The molecule has 1 saturated heterocycles. The fourth-order valence-electron chi connectivity index (χ4n) is 4.45. The number of likely N-dealkylation sites (tertiary alicyclic amines) is 1. The average Bonchev–Trinajstić information content (AvgIpc) is 3.23. The first kappa shape index (κ1) is 18.1. The van der Waals surface area contributed by atoms with Crippen molar-refractivity contribution >= 4 is 5.91 Å². The predicted octanol–water partition coefficient (Wildman–Crippen LogP) is 3.96. The van der Waals surface area contributed by atoms with Gasteiger partial charge in [-0.1, -0.05) is 44.1 Å². The van der Waals surface area contributed by atoms with E-state index in [1.165, 1.54) is 12.1 Å². The molecule has 1 amide bonds. The Balaban J connectivity index is 1.78. The number of halogens is 1. The molecule has 2 fully saturated rings. The third-order valence-electron chi connectivity index (χ3n) is 5.84. The summed E-state index contributed by atoms with van der Waals surface area (Å²) in [5.41, 5.74) is 0.680. The molecule has 136 valence electrons. The highest BCUT2D eigenvalue weighted by atomic mass is 19.1. The number of rotatable bonds is 6. The molecule has 2 unspecified atom stereocenters. The van der Waals surface area contributed by atoms with Gasteiger partial charge in [0, 0.05) is 18.4 Å². The smallest absolute Gasteiger partial charge is 0.223 e. The zero-order chi connectivity index (χ0) is 17.9. The van der Waals surface area contributed by atoms with Crippen LogP contribution in [0.25, 0.3) is 0 Å². The lowest BCUT2D eigenvalue weighted by atomic mass is 9.74. The lowest BCUT2D eigenvalue weighted by Crippen LogP contribution is -2.37. The summed E-state index contributed by atoms with van der Waals surface area (Å²) in [6.07, 6.45) is 9.60. The van der Waals surface area contributed by atoms with Crippen molar-refractivity contribution in [3.05, 3.63) is 47.8 Å². The van der Waals surface area contributed by atoms with Crippen LogP contribution in [0.4, 0.5) is 4.39 Å². The Bertz CT molecular complexity index is 619. The molecule has 1 aromatic rings. The van der Waals surface area contributed by atoms with Crippen LogP contribution in [-0.2, 0) is 10.2 Å². The lowest BCUT2D eigenvalue weighted by Gasteiger charge is -2.34. The van der Waals surface area contributed by atoms with Crippen molar-refractivity contribution in [3.8, 4) is 0 Å². The molecule has 1 heterocycles. The van der Waals surface area contributed by atoms with Gasteiger partial charge in [-0.3, -0.25) is 4.79 Å². The van der Waals surface area contributed by atoms with Crippen LogP contribution in [0.3, 0.4) is 0 Å². The Morgan fingerprint density at radius 2 is 2.00 bits per heavy atom. The molecule has 4 heteroatoms. The van der Waals surface area contributed by atoms with E-state index in [1.54, 1.807) is 12.1 Å². The van der Waals surface area contributed by atoms with Crippen LogP contribution in [0.15, 0.2) is 36.4 Å². The van der Waals surface area contributed by atoms with Crippen LogP contribution in [0.2, 0.25) is 0 Å². The molecule has 25 heavy (non-hydrogen) atoms. The highest BCUT2D eigenvalue weighted by Gasteiger charge is 2.41. The van der Waals surface area contributed by atoms with Gasteiger partial charge in [0.15, 0.2) is 0 Å². The summed E-state index contributed by atoms with van der Waals surface area (Å²) in [5.74, 6) is -0.0401. The highest BCUT2D eigenvalue weighted by Crippen LogP contribution is 2.44. The summed E-state index contributed by atoms with van der Waals surface area (Å²) in [5, 5.41) is 11.0. The molecule has 0 bridgehead atoms. The molecular formula is C21H28FNO2. The van der Waals surface area contributed by atoms with Gasteiger partial charge >= 0.3 is 0 Å². The van der Waals surface area contributed by atoms with Crippen molar-refractivity contribution in [3.63, 3.8) is 0 Å². The Labute approximate surface area is 149 Å². The molecular weight excluding hydrogens is 317 g/mol. The molecule has 1 aromatic carbocycles. The number of amides is 1. The molecule has 1 saturated carbocycles. The molecule has 3 rings (SSSR count). The first-order valence-electron chi connectivity index (χ1n) is 9.49. The summed E-state index contributed by atoms with van der Waals surface area (Å²) < 4.78 is 13.3. The molecule has 2 aliphatic rings. The van der Waals surface area contributed by atoms with Crippen LogP contribution in [0.1, 0.15) is 57.4 Å². The van der Waals surface area contributed by atoms with E-state index in [0.29, 0.717) is 6.42 Å². The maximum Gasteiger partial charge on any atom is 0.223 e. The van der Waals surface area contributed by atoms with Gasteiger partial charge in [0.25, 0.3) is 0 Å². The number of hydrogen-bond donors (Lipinski definition) is 1. The maximum absolute atomic E-state index is 13.3. The quantitative estimate of drug-likeness (QED) is 0.793. The summed E-state index contributed by atoms with van der Waals surface area (Å²) in [6.45, 7) is 2.84. The van der Waals surface area contributed by atoms with E-state index < -0.39 is 6.10 Å². The van der Waals surface area contributed by atoms with E-state index >= 15 is 0 Å². The van der Waals surface area contributed by atoms with E-state index in [4.69, 9.17) is 0 Å². The third kappa shape index (κ3) is 3.64. The van der Waals surface area contributed by atoms with Crippen LogP contribution in [0, 0.1) is 5.82 Å². The molecule has 1 aliphatic heterocycles. The van der Waals surface area contributed by atoms with Crippen LogP contribution >= 0.6 is 0 Å². The Kier molecular flexibility index (Phi) is 5.57. The molecule has 2 atom stereocenters.